The Hall–Kier alpha value is -4.33. The average Bonchev–Trinajstić information content (AvgIpc) is 3.44. The van der Waals surface area contributed by atoms with Crippen LogP contribution in [0.25, 0.3) is 16.9 Å². The number of imidazole rings is 1. The van der Waals surface area contributed by atoms with E-state index in [1.807, 2.05) is 78.4 Å². The normalized spacial score (nSPS) is 11.0. The van der Waals surface area contributed by atoms with E-state index in [0.717, 1.165) is 34.9 Å². The zero-order valence-corrected chi connectivity index (χ0v) is 16.8. The molecule has 31 heavy (non-hydrogen) atoms. The summed E-state index contributed by atoms with van der Waals surface area (Å²) in [6.45, 7) is 2.58. The standard InChI is InChI=1S/C23H19N7O/c1-16-26-27-22-11-10-21(28-30(16)22)18-6-8-20(9-7-18)25-23(31)19-4-2-17(3-5-19)14-29-13-12-24-15-29/h2-13,15H,14H2,1H3,(H,25,31). The Morgan fingerprint density at radius 1 is 0.968 bits per heavy atom. The lowest BCUT2D eigenvalue weighted by atomic mass is 10.1. The molecular formula is C23H19N7O. The Balaban J connectivity index is 1.27. The molecule has 5 rings (SSSR count). The highest BCUT2D eigenvalue weighted by atomic mass is 16.1. The van der Waals surface area contributed by atoms with Crippen LogP contribution in [0.15, 0.2) is 79.4 Å². The number of amides is 1. The first-order valence-corrected chi connectivity index (χ1v) is 9.81. The number of nitrogens with zero attached hydrogens (tertiary/aromatic N) is 6. The number of carbonyl (C=O) groups is 1. The molecule has 0 aliphatic rings. The molecule has 5 aromatic rings. The van der Waals surface area contributed by atoms with Gasteiger partial charge in [-0.25, -0.2) is 4.98 Å². The van der Waals surface area contributed by atoms with E-state index in [0.29, 0.717) is 11.2 Å². The molecule has 8 nitrogen and oxygen atoms in total. The van der Waals surface area contributed by atoms with Crippen LogP contribution in [-0.2, 0) is 6.54 Å². The minimum atomic E-state index is -0.151. The summed E-state index contributed by atoms with van der Waals surface area (Å²) in [6, 6.07) is 18.9. The summed E-state index contributed by atoms with van der Waals surface area (Å²) in [5, 5.41) is 15.6. The molecule has 3 heterocycles. The molecule has 0 unspecified atom stereocenters. The van der Waals surface area contributed by atoms with Crippen LogP contribution < -0.4 is 5.32 Å². The monoisotopic (exact) mass is 409 g/mol. The van der Waals surface area contributed by atoms with E-state index in [9.17, 15) is 4.79 Å². The molecule has 2 aromatic carbocycles. The third-order valence-electron chi connectivity index (χ3n) is 5.00. The number of hydrogen-bond acceptors (Lipinski definition) is 5. The van der Waals surface area contributed by atoms with E-state index in [-0.39, 0.29) is 5.91 Å². The second-order valence-electron chi connectivity index (χ2n) is 7.20. The van der Waals surface area contributed by atoms with Gasteiger partial charge in [-0.15, -0.1) is 10.2 Å². The lowest BCUT2D eigenvalue weighted by molar-refractivity contribution is 0.102. The molecule has 0 aliphatic carbocycles. The highest BCUT2D eigenvalue weighted by Crippen LogP contribution is 2.20. The van der Waals surface area contributed by atoms with Crippen molar-refractivity contribution < 1.29 is 4.79 Å². The van der Waals surface area contributed by atoms with Crippen molar-refractivity contribution in [3.63, 3.8) is 0 Å². The second kappa shape index (κ2) is 7.83. The summed E-state index contributed by atoms with van der Waals surface area (Å²) in [4.78, 5) is 16.6. The summed E-state index contributed by atoms with van der Waals surface area (Å²) in [5.41, 5.74) is 4.89. The van der Waals surface area contributed by atoms with Gasteiger partial charge in [-0.2, -0.15) is 9.61 Å². The Bertz CT molecular complexity index is 1340. The first kappa shape index (κ1) is 18.7. The Morgan fingerprint density at radius 2 is 1.77 bits per heavy atom. The van der Waals surface area contributed by atoms with Crippen molar-refractivity contribution in [2.75, 3.05) is 5.32 Å². The molecule has 152 valence electrons. The van der Waals surface area contributed by atoms with Crippen molar-refractivity contribution in [2.24, 2.45) is 0 Å². The molecule has 0 radical (unpaired) electrons. The molecule has 0 atom stereocenters. The number of benzene rings is 2. The molecule has 0 saturated carbocycles. The molecule has 0 fully saturated rings. The van der Waals surface area contributed by atoms with Crippen molar-refractivity contribution in [1.29, 1.82) is 0 Å². The fraction of sp³-hybridized carbons (Fsp3) is 0.0870. The number of anilines is 1. The molecule has 0 bridgehead atoms. The quantitative estimate of drug-likeness (QED) is 0.479. The van der Waals surface area contributed by atoms with Crippen LogP contribution >= 0.6 is 0 Å². The lowest BCUT2D eigenvalue weighted by Crippen LogP contribution is -2.12. The Morgan fingerprint density at radius 3 is 2.52 bits per heavy atom. The van der Waals surface area contributed by atoms with Gasteiger partial charge in [0.1, 0.15) is 0 Å². The summed E-state index contributed by atoms with van der Waals surface area (Å²) in [6.07, 6.45) is 5.42. The lowest BCUT2D eigenvalue weighted by Gasteiger charge is -2.08. The van der Waals surface area contributed by atoms with Crippen LogP contribution in [0.3, 0.4) is 0 Å². The van der Waals surface area contributed by atoms with E-state index < -0.39 is 0 Å². The molecule has 0 aliphatic heterocycles. The molecule has 0 saturated heterocycles. The highest BCUT2D eigenvalue weighted by molar-refractivity contribution is 6.04. The van der Waals surface area contributed by atoms with Crippen LogP contribution in [0.5, 0.6) is 0 Å². The van der Waals surface area contributed by atoms with E-state index in [2.05, 4.69) is 25.6 Å². The van der Waals surface area contributed by atoms with Gasteiger partial charge in [-0.05, 0) is 48.9 Å². The van der Waals surface area contributed by atoms with Gasteiger partial charge in [-0.1, -0.05) is 24.3 Å². The minimum Gasteiger partial charge on any atom is -0.333 e. The van der Waals surface area contributed by atoms with Crippen LogP contribution in [-0.4, -0.2) is 35.3 Å². The van der Waals surface area contributed by atoms with Crippen molar-refractivity contribution in [3.8, 4) is 11.3 Å². The molecule has 8 heteroatoms. The van der Waals surface area contributed by atoms with Gasteiger partial charge < -0.3 is 9.88 Å². The zero-order valence-electron chi connectivity index (χ0n) is 16.8. The smallest absolute Gasteiger partial charge is 0.255 e. The topological polar surface area (TPSA) is 90.0 Å². The first-order chi connectivity index (χ1) is 15.2. The summed E-state index contributed by atoms with van der Waals surface area (Å²) in [7, 11) is 0. The number of fused-ring (bicyclic) bond motifs is 1. The first-order valence-electron chi connectivity index (χ1n) is 9.81. The fourth-order valence-electron chi connectivity index (χ4n) is 3.33. The van der Waals surface area contributed by atoms with Gasteiger partial charge in [0.15, 0.2) is 11.5 Å². The van der Waals surface area contributed by atoms with Gasteiger partial charge in [0.05, 0.1) is 12.0 Å². The van der Waals surface area contributed by atoms with Crippen molar-refractivity contribution in [3.05, 3.63) is 96.3 Å². The van der Waals surface area contributed by atoms with E-state index >= 15 is 0 Å². The van der Waals surface area contributed by atoms with Crippen LogP contribution in [0.4, 0.5) is 5.69 Å². The van der Waals surface area contributed by atoms with Gasteiger partial charge in [0, 0.05) is 35.8 Å². The predicted molar refractivity (Wildman–Crippen MR) is 117 cm³/mol. The number of rotatable bonds is 5. The Kier molecular flexibility index (Phi) is 4.72. The second-order valence-corrected chi connectivity index (χ2v) is 7.20. The molecule has 1 N–H and O–H groups in total. The molecule has 1 amide bonds. The number of nitrogens with one attached hydrogen (secondary N) is 1. The fourth-order valence-corrected chi connectivity index (χ4v) is 3.33. The summed E-state index contributed by atoms with van der Waals surface area (Å²) in [5.74, 6) is 0.582. The van der Waals surface area contributed by atoms with Crippen molar-refractivity contribution in [2.45, 2.75) is 13.5 Å². The Labute approximate surface area is 178 Å². The van der Waals surface area contributed by atoms with E-state index in [4.69, 9.17) is 0 Å². The van der Waals surface area contributed by atoms with Crippen LogP contribution in [0.1, 0.15) is 21.7 Å². The summed E-state index contributed by atoms with van der Waals surface area (Å²) >= 11 is 0. The largest absolute Gasteiger partial charge is 0.333 e. The molecular weight excluding hydrogens is 390 g/mol. The zero-order chi connectivity index (χ0) is 21.2. The molecule has 3 aromatic heterocycles. The maximum atomic E-state index is 12.6. The van der Waals surface area contributed by atoms with Crippen molar-refractivity contribution >= 4 is 17.2 Å². The van der Waals surface area contributed by atoms with E-state index in [1.165, 1.54) is 0 Å². The van der Waals surface area contributed by atoms with Gasteiger partial charge in [0.25, 0.3) is 5.91 Å². The third kappa shape index (κ3) is 3.91. The summed E-state index contributed by atoms with van der Waals surface area (Å²) < 4.78 is 3.69. The number of carbonyl (C=O) groups excluding carboxylic acids is 1. The van der Waals surface area contributed by atoms with Crippen LogP contribution in [0.2, 0.25) is 0 Å². The van der Waals surface area contributed by atoms with Crippen molar-refractivity contribution in [1.82, 2.24) is 29.4 Å². The maximum Gasteiger partial charge on any atom is 0.255 e. The van der Waals surface area contributed by atoms with E-state index in [1.54, 1.807) is 17.0 Å². The number of aryl methyl sites for hydroxylation is 1. The number of aromatic nitrogens is 6. The highest BCUT2D eigenvalue weighted by Gasteiger charge is 2.08. The van der Waals surface area contributed by atoms with Gasteiger partial charge >= 0.3 is 0 Å². The van der Waals surface area contributed by atoms with Gasteiger partial charge in [0.2, 0.25) is 0 Å². The third-order valence-corrected chi connectivity index (χ3v) is 5.00. The predicted octanol–water partition coefficient (Wildman–Crippen LogP) is 3.60. The maximum absolute atomic E-state index is 12.6. The SMILES string of the molecule is Cc1nnc2ccc(-c3ccc(NC(=O)c4ccc(Cn5ccnc5)cc4)cc3)nn12. The minimum absolute atomic E-state index is 0.151. The molecule has 0 spiro atoms. The van der Waals surface area contributed by atoms with Gasteiger partial charge in [-0.3, -0.25) is 4.79 Å². The number of hydrogen-bond donors (Lipinski definition) is 1. The van der Waals surface area contributed by atoms with Crippen LogP contribution in [0, 0.1) is 6.92 Å². The average molecular weight is 409 g/mol.